The second kappa shape index (κ2) is 6.54. The van der Waals surface area contributed by atoms with Crippen molar-refractivity contribution in [2.45, 2.75) is 19.9 Å². The molecule has 0 radical (unpaired) electrons. The first-order valence-electron chi connectivity index (χ1n) is 6.23. The normalized spacial score (nSPS) is 10.6. The van der Waals surface area contributed by atoms with Crippen molar-refractivity contribution in [2.75, 3.05) is 19.4 Å². The Bertz CT molecular complexity index is 539. The maximum Gasteiger partial charge on any atom is 0.119 e. The second-order valence-electron chi connectivity index (χ2n) is 4.37. The zero-order valence-corrected chi connectivity index (χ0v) is 12.1. The van der Waals surface area contributed by atoms with Crippen molar-refractivity contribution >= 4 is 17.0 Å². The lowest BCUT2D eigenvalue weighted by Gasteiger charge is -2.09. The van der Waals surface area contributed by atoms with Crippen LogP contribution in [0.1, 0.15) is 16.3 Å². The van der Waals surface area contributed by atoms with Crippen molar-refractivity contribution in [3.05, 3.63) is 39.8 Å². The van der Waals surface area contributed by atoms with Gasteiger partial charge in [0.15, 0.2) is 0 Å². The van der Waals surface area contributed by atoms with Gasteiger partial charge in [0.2, 0.25) is 0 Å². The molecule has 0 saturated carbocycles. The first-order chi connectivity index (χ1) is 9.19. The minimum Gasteiger partial charge on any atom is -0.497 e. The summed E-state index contributed by atoms with van der Waals surface area (Å²) >= 11 is 1.71. The van der Waals surface area contributed by atoms with E-state index in [1.807, 2.05) is 25.1 Å². The topological polar surface area (TPSA) is 60.2 Å². The lowest BCUT2D eigenvalue weighted by Crippen LogP contribution is -2.17. The first-order valence-corrected chi connectivity index (χ1v) is 7.11. The number of anilines is 1. The largest absolute Gasteiger partial charge is 0.497 e. The summed E-state index contributed by atoms with van der Waals surface area (Å²) in [6.45, 7) is 3.65. The van der Waals surface area contributed by atoms with Gasteiger partial charge in [-0.15, -0.1) is 11.3 Å². The zero-order chi connectivity index (χ0) is 13.7. The predicted octanol–water partition coefficient (Wildman–Crippen LogP) is 2.37. The van der Waals surface area contributed by atoms with E-state index in [4.69, 9.17) is 10.5 Å². The molecule has 0 unspecified atom stereocenters. The van der Waals surface area contributed by atoms with Crippen LogP contribution in [0.2, 0.25) is 0 Å². The van der Waals surface area contributed by atoms with Gasteiger partial charge in [0.05, 0.1) is 12.1 Å². The van der Waals surface area contributed by atoms with E-state index in [0.29, 0.717) is 0 Å². The molecule has 1 aromatic heterocycles. The summed E-state index contributed by atoms with van der Waals surface area (Å²) in [7, 11) is 1.66. The maximum absolute atomic E-state index is 5.93. The average Bonchev–Trinajstić information content (AvgIpc) is 2.82. The fourth-order valence-corrected chi connectivity index (χ4v) is 2.57. The highest BCUT2D eigenvalue weighted by atomic mass is 32.1. The molecule has 0 bridgehead atoms. The average molecular weight is 277 g/mol. The Morgan fingerprint density at radius 1 is 1.42 bits per heavy atom. The van der Waals surface area contributed by atoms with Gasteiger partial charge in [-0.3, -0.25) is 0 Å². The van der Waals surface area contributed by atoms with Gasteiger partial charge in [-0.05, 0) is 30.7 Å². The fraction of sp³-hybridized carbons (Fsp3) is 0.357. The van der Waals surface area contributed by atoms with Crippen LogP contribution in [0.4, 0.5) is 5.69 Å². The molecule has 0 aliphatic carbocycles. The number of nitrogens with zero attached hydrogens (tertiary/aromatic N) is 1. The molecule has 5 heteroatoms. The third-order valence-corrected chi connectivity index (χ3v) is 3.87. The van der Waals surface area contributed by atoms with Crippen LogP contribution >= 0.6 is 11.3 Å². The van der Waals surface area contributed by atoms with E-state index in [9.17, 15) is 0 Å². The van der Waals surface area contributed by atoms with Gasteiger partial charge < -0.3 is 15.8 Å². The Morgan fingerprint density at radius 2 is 2.26 bits per heavy atom. The highest BCUT2D eigenvalue weighted by Gasteiger charge is 2.02. The molecule has 2 aromatic rings. The van der Waals surface area contributed by atoms with Gasteiger partial charge in [-0.2, -0.15) is 0 Å². The standard InChI is InChI=1S/C14H19N3OS/c1-10-9-19-14(17-10)5-6-16-8-11-7-12(18-2)3-4-13(11)15/h3-4,7,9,16H,5-6,8,15H2,1-2H3. The molecule has 19 heavy (non-hydrogen) atoms. The van der Waals surface area contributed by atoms with Crippen molar-refractivity contribution in [3.63, 3.8) is 0 Å². The highest BCUT2D eigenvalue weighted by Crippen LogP contribution is 2.19. The molecule has 0 atom stereocenters. The number of aryl methyl sites for hydroxylation is 1. The molecular weight excluding hydrogens is 258 g/mol. The van der Waals surface area contributed by atoms with Gasteiger partial charge in [0.25, 0.3) is 0 Å². The number of nitrogens with two attached hydrogens (primary N) is 1. The van der Waals surface area contributed by atoms with E-state index >= 15 is 0 Å². The van der Waals surface area contributed by atoms with Crippen LogP contribution in [0.5, 0.6) is 5.75 Å². The van der Waals surface area contributed by atoms with Gasteiger partial charge in [0, 0.05) is 36.3 Å². The molecule has 102 valence electrons. The number of methoxy groups -OCH3 is 1. The lowest BCUT2D eigenvalue weighted by molar-refractivity contribution is 0.414. The Labute approximate surface area is 117 Å². The third kappa shape index (κ3) is 3.94. The fourth-order valence-electron chi connectivity index (χ4n) is 1.80. The Kier molecular flexibility index (Phi) is 4.76. The molecule has 2 rings (SSSR count). The zero-order valence-electron chi connectivity index (χ0n) is 11.3. The molecule has 0 saturated heterocycles. The summed E-state index contributed by atoms with van der Waals surface area (Å²) in [6.07, 6.45) is 0.947. The summed E-state index contributed by atoms with van der Waals surface area (Å²) in [6, 6.07) is 5.72. The van der Waals surface area contributed by atoms with Crippen LogP contribution in [0.25, 0.3) is 0 Å². The number of nitrogens with one attached hydrogen (secondary N) is 1. The second-order valence-corrected chi connectivity index (χ2v) is 5.32. The first kappa shape index (κ1) is 13.8. The molecule has 0 amide bonds. The van der Waals surface area contributed by atoms with Crippen LogP contribution in [0, 0.1) is 6.92 Å². The van der Waals surface area contributed by atoms with Crippen LogP contribution in [0.3, 0.4) is 0 Å². The predicted molar refractivity (Wildman–Crippen MR) is 79.7 cm³/mol. The number of nitrogen functional groups attached to an aromatic ring is 1. The molecule has 1 aromatic carbocycles. The van der Waals surface area contributed by atoms with Crippen LogP contribution in [0.15, 0.2) is 23.6 Å². The molecule has 1 heterocycles. The van der Waals surface area contributed by atoms with Gasteiger partial charge in [-0.25, -0.2) is 4.98 Å². The molecule has 3 N–H and O–H groups in total. The summed E-state index contributed by atoms with van der Waals surface area (Å²) in [5.74, 6) is 0.835. The number of ether oxygens (including phenoxy) is 1. The SMILES string of the molecule is COc1ccc(N)c(CNCCc2nc(C)cs2)c1. The van der Waals surface area contributed by atoms with E-state index in [1.165, 1.54) is 5.01 Å². The van der Waals surface area contributed by atoms with Crippen molar-refractivity contribution in [2.24, 2.45) is 0 Å². The minimum absolute atomic E-state index is 0.743. The lowest BCUT2D eigenvalue weighted by atomic mass is 10.1. The van der Waals surface area contributed by atoms with Crippen LogP contribution in [-0.4, -0.2) is 18.6 Å². The molecule has 0 spiro atoms. The van der Waals surface area contributed by atoms with Crippen molar-refractivity contribution in [1.29, 1.82) is 0 Å². The Morgan fingerprint density at radius 3 is 2.95 bits per heavy atom. The molecule has 4 nitrogen and oxygen atoms in total. The summed E-state index contributed by atoms with van der Waals surface area (Å²) in [5, 5.41) is 6.63. The van der Waals surface area contributed by atoms with Crippen molar-refractivity contribution in [3.8, 4) is 5.75 Å². The minimum atomic E-state index is 0.743. The van der Waals surface area contributed by atoms with Gasteiger partial charge in [0.1, 0.15) is 5.75 Å². The van der Waals surface area contributed by atoms with Crippen molar-refractivity contribution < 1.29 is 4.74 Å². The van der Waals surface area contributed by atoms with E-state index < -0.39 is 0 Å². The highest BCUT2D eigenvalue weighted by molar-refractivity contribution is 7.09. The van der Waals surface area contributed by atoms with E-state index in [0.717, 1.165) is 42.2 Å². The van der Waals surface area contributed by atoms with Crippen LogP contribution in [-0.2, 0) is 13.0 Å². The number of rotatable bonds is 6. The maximum atomic E-state index is 5.93. The van der Waals surface area contributed by atoms with Crippen LogP contribution < -0.4 is 15.8 Å². The van der Waals surface area contributed by atoms with E-state index in [2.05, 4.69) is 15.7 Å². The number of aromatic nitrogens is 1. The Balaban J connectivity index is 1.82. The monoisotopic (exact) mass is 277 g/mol. The summed E-state index contributed by atoms with van der Waals surface area (Å²) < 4.78 is 5.20. The molecule has 0 aliphatic rings. The van der Waals surface area contributed by atoms with Gasteiger partial charge >= 0.3 is 0 Å². The number of benzene rings is 1. The molecular formula is C14H19N3OS. The summed E-state index contributed by atoms with van der Waals surface area (Å²) in [5.41, 5.74) is 8.88. The summed E-state index contributed by atoms with van der Waals surface area (Å²) in [4.78, 5) is 4.43. The molecule has 0 aliphatic heterocycles. The van der Waals surface area contributed by atoms with E-state index in [-0.39, 0.29) is 0 Å². The van der Waals surface area contributed by atoms with Gasteiger partial charge in [-0.1, -0.05) is 0 Å². The smallest absolute Gasteiger partial charge is 0.119 e. The number of thiazole rings is 1. The van der Waals surface area contributed by atoms with Crippen molar-refractivity contribution in [1.82, 2.24) is 10.3 Å². The Hall–Kier alpha value is -1.59. The third-order valence-electron chi connectivity index (χ3n) is 2.85. The number of hydrogen-bond donors (Lipinski definition) is 2. The molecule has 0 fully saturated rings. The quantitative estimate of drug-likeness (QED) is 0.628. The number of hydrogen-bond acceptors (Lipinski definition) is 5. The van der Waals surface area contributed by atoms with E-state index in [1.54, 1.807) is 18.4 Å².